The van der Waals surface area contributed by atoms with E-state index >= 15 is 0 Å². The van der Waals surface area contributed by atoms with Gasteiger partial charge in [0.15, 0.2) is 6.29 Å². The highest BCUT2D eigenvalue weighted by atomic mass is 16.7. The third-order valence-electron chi connectivity index (χ3n) is 7.84. The molecule has 2 aliphatic rings. The van der Waals surface area contributed by atoms with E-state index in [4.69, 9.17) is 23.7 Å². The number of methoxy groups -OCH3 is 1. The van der Waals surface area contributed by atoms with Crippen LogP contribution >= 0.6 is 0 Å². The van der Waals surface area contributed by atoms with E-state index in [-0.39, 0.29) is 6.61 Å². The number of hydrogen-bond donors (Lipinski definition) is 1. The molecule has 206 valence electrons. The number of aliphatic hydroxyl groups is 1. The van der Waals surface area contributed by atoms with Gasteiger partial charge >= 0.3 is 0 Å². The predicted octanol–water partition coefficient (Wildman–Crippen LogP) is 5.21. The van der Waals surface area contributed by atoms with Gasteiger partial charge in [-0.2, -0.15) is 0 Å². The normalized spacial score (nSPS) is 24.8. The molecule has 0 radical (unpaired) electrons. The van der Waals surface area contributed by atoms with Crippen LogP contribution < -0.4 is 0 Å². The molecule has 4 aromatic rings. The van der Waals surface area contributed by atoms with Crippen LogP contribution in [0.3, 0.4) is 0 Å². The van der Waals surface area contributed by atoms with Crippen LogP contribution in [0.2, 0.25) is 0 Å². The van der Waals surface area contributed by atoms with E-state index in [2.05, 4.69) is 36.4 Å². The van der Waals surface area contributed by atoms with Gasteiger partial charge in [-0.05, 0) is 27.8 Å². The van der Waals surface area contributed by atoms with E-state index in [1.807, 2.05) is 78.9 Å². The summed E-state index contributed by atoms with van der Waals surface area (Å²) >= 11 is 0. The molecule has 2 aliphatic heterocycles. The number of fused-ring (bicyclic) bond motifs is 2. The quantitative estimate of drug-likeness (QED) is 0.326. The topological polar surface area (TPSA) is 66.4 Å². The summed E-state index contributed by atoms with van der Waals surface area (Å²) in [6, 6.07) is 38.4. The highest BCUT2D eigenvalue weighted by Crippen LogP contribution is 2.41. The lowest BCUT2D eigenvalue weighted by Crippen LogP contribution is -2.61. The fourth-order valence-corrected chi connectivity index (χ4v) is 5.77. The zero-order valence-electron chi connectivity index (χ0n) is 22.5. The molecule has 6 nitrogen and oxygen atoms in total. The van der Waals surface area contributed by atoms with Crippen molar-refractivity contribution in [2.45, 2.75) is 49.5 Å². The highest BCUT2D eigenvalue weighted by molar-refractivity contribution is 5.47. The maximum absolute atomic E-state index is 11.6. The van der Waals surface area contributed by atoms with Crippen LogP contribution in [0.15, 0.2) is 115 Å². The Morgan fingerprint density at radius 1 is 0.675 bits per heavy atom. The van der Waals surface area contributed by atoms with E-state index in [9.17, 15) is 5.11 Å². The first kappa shape index (κ1) is 26.8. The van der Waals surface area contributed by atoms with Gasteiger partial charge in [-0.3, -0.25) is 0 Å². The minimum Gasteiger partial charge on any atom is -0.387 e. The van der Waals surface area contributed by atoms with Crippen LogP contribution in [-0.4, -0.2) is 49.5 Å². The largest absolute Gasteiger partial charge is 0.387 e. The fourth-order valence-electron chi connectivity index (χ4n) is 5.77. The first-order valence-corrected chi connectivity index (χ1v) is 13.7. The first-order valence-electron chi connectivity index (χ1n) is 13.7. The van der Waals surface area contributed by atoms with Crippen LogP contribution in [0.5, 0.6) is 0 Å². The molecule has 1 saturated heterocycles. The molecule has 5 atom stereocenters. The van der Waals surface area contributed by atoms with E-state index in [1.54, 1.807) is 7.11 Å². The number of ether oxygens (including phenoxy) is 5. The number of rotatable bonds is 7. The molecule has 0 saturated carbocycles. The van der Waals surface area contributed by atoms with Crippen molar-refractivity contribution in [3.05, 3.63) is 143 Å². The highest BCUT2D eigenvalue weighted by Gasteiger charge is 2.49. The van der Waals surface area contributed by atoms with E-state index in [1.165, 1.54) is 0 Å². The van der Waals surface area contributed by atoms with E-state index in [0.717, 1.165) is 27.8 Å². The summed E-state index contributed by atoms with van der Waals surface area (Å²) < 4.78 is 31.5. The molecular formula is C34H34O6. The Morgan fingerprint density at radius 2 is 1.12 bits per heavy atom. The fraction of sp³-hybridized carbons (Fsp3) is 0.294. The van der Waals surface area contributed by atoms with E-state index in [0.29, 0.717) is 13.2 Å². The summed E-state index contributed by atoms with van der Waals surface area (Å²) in [5, 5.41) is 11.6. The van der Waals surface area contributed by atoms with Gasteiger partial charge in [0.1, 0.15) is 30.0 Å². The minimum absolute atomic E-state index is 0.0862. The van der Waals surface area contributed by atoms with Crippen molar-refractivity contribution in [1.82, 2.24) is 0 Å². The Labute approximate surface area is 235 Å². The molecule has 2 heterocycles. The van der Waals surface area contributed by atoms with Crippen molar-refractivity contribution in [1.29, 1.82) is 0 Å². The predicted molar refractivity (Wildman–Crippen MR) is 150 cm³/mol. The third-order valence-corrected chi connectivity index (χ3v) is 7.84. The van der Waals surface area contributed by atoms with Crippen LogP contribution in [-0.2, 0) is 42.5 Å². The second-order valence-electron chi connectivity index (χ2n) is 10.2. The molecule has 1 fully saturated rings. The van der Waals surface area contributed by atoms with Crippen LogP contribution in [0, 0.1) is 0 Å². The van der Waals surface area contributed by atoms with Crippen molar-refractivity contribution >= 4 is 0 Å². The second-order valence-corrected chi connectivity index (χ2v) is 10.2. The lowest BCUT2D eigenvalue weighted by Gasteiger charge is -2.45. The van der Waals surface area contributed by atoms with Crippen molar-refractivity contribution in [3.63, 3.8) is 0 Å². The molecule has 0 aromatic heterocycles. The van der Waals surface area contributed by atoms with Gasteiger partial charge < -0.3 is 28.8 Å². The lowest BCUT2D eigenvalue weighted by atomic mass is 9.80. The Hall–Kier alpha value is -3.36. The summed E-state index contributed by atoms with van der Waals surface area (Å²) in [4.78, 5) is 0. The van der Waals surface area contributed by atoms with Crippen LogP contribution in [0.4, 0.5) is 0 Å². The molecule has 4 aromatic carbocycles. The summed E-state index contributed by atoms with van der Waals surface area (Å²) in [6.45, 7) is 0.837. The Bertz CT molecular complexity index is 1270. The maximum atomic E-state index is 11.6. The van der Waals surface area contributed by atoms with Crippen molar-refractivity contribution < 1.29 is 28.8 Å². The van der Waals surface area contributed by atoms with Gasteiger partial charge in [0.05, 0.1) is 19.8 Å². The van der Waals surface area contributed by atoms with Crippen LogP contribution in [0.25, 0.3) is 0 Å². The van der Waals surface area contributed by atoms with Gasteiger partial charge in [0, 0.05) is 7.11 Å². The smallest absolute Gasteiger partial charge is 0.186 e. The molecular weight excluding hydrogens is 504 g/mol. The Morgan fingerprint density at radius 3 is 1.60 bits per heavy atom. The van der Waals surface area contributed by atoms with Crippen molar-refractivity contribution in [2.24, 2.45) is 0 Å². The number of aliphatic hydroxyl groups excluding tert-OH is 1. The van der Waals surface area contributed by atoms with Crippen molar-refractivity contribution in [2.75, 3.05) is 13.7 Å². The zero-order chi connectivity index (χ0) is 27.4. The molecule has 6 rings (SSSR count). The van der Waals surface area contributed by atoms with Crippen molar-refractivity contribution in [3.8, 4) is 0 Å². The standard InChI is InChI=1S/C34H34O6/c1-36-33-32-31(37-21-24-13-11-12-14-25(24)22-38-32)30(35)29(40-33)23-39-34(26-15-5-2-6-16-26,27-17-7-3-8-18-27)28-19-9-4-10-20-28/h2-20,29-33,35H,21-23H2,1H3/t29-,30-,31+,32-,33-/m1/s1. The minimum atomic E-state index is -0.998. The third kappa shape index (κ3) is 5.10. The SMILES string of the molecule is CO[C@@H]1O[C@H](COC(c2ccccc2)(c2ccccc2)c2ccccc2)[C@@H](O)[C@@H]2OCc3ccccc3CO[C@@H]12. The van der Waals surface area contributed by atoms with Gasteiger partial charge in [0.25, 0.3) is 0 Å². The second kappa shape index (κ2) is 12.0. The zero-order valence-corrected chi connectivity index (χ0v) is 22.5. The monoisotopic (exact) mass is 538 g/mol. The number of hydrogen-bond acceptors (Lipinski definition) is 6. The summed E-state index contributed by atoms with van der Waals surface area (Å²) in [5.74, 6) is 0. The first-order chi connectivity index (χ1) is 19.7. The molecule has 6 heteroatoms. The molecule has 0 aliphatic carbocycles. The summed E-state index contributed by atoms with van der Waals surface area (Å²) in [5.41, 5.74) is 4.07. The molecule has 0 spiro atoms. The maximum Gasteiger partial charge on any atom is 0.186 e. The molecule has 0 bridgehead atoms. The van der Waals surface area contributed by atoms with E-state index < -0.39 is 36.3 Å². The number of benzene rings is 4. The molecule has 40 heavy (non-hydrogen) atoms. The van der Waals surface area contributed by atoms with Gasteiger partial charge in [0.2, 0.25) is 0 Å². The van der Waals surface area contributed by atoms with Crippen LogP contribution in [0.1, 0.15) is 27.8 Å². The van der Waals surface area contributed by atoms with Gasteiger partial charge in [-0.25, -0.2) is 0 Å². The average molecular weight is 539 g/mol. The molecule has 0 amide bonds. The molecule has 0 unspecified atom stereocenters. The average Bonchev–Trinajstić information content (AvgIpc) is 3.01. The van der Waals surface area contributed by atoms with Gasteiger partial charge in [-0.1, -0.05) is 115 Å². The lowest BCUT2D eigenvalue weighted by molar-refractivity contribution is -0.319. The summed E-state index contributed by atoms with van der Waals surface area (Å²) in [6.07, 6.45) is -3.69. The molecule has 1 N–H and O–H groups in total. The Balaban J connectivity index is 1.33. The van der Waals surface area contributed by atoms with Gasteiger partial charge in [-0.15, -0.1) is 0 Å². The Kier molecular flexibility index (Phi) is 8.07. The summed E-state index contributed by atoms with van der Waals surface area (Å²) in [7, 11) is 1.58.